The summed E-state index contributed by atoms with van der Waals surface area (Å²) in [5.74, 6) is -5.89. The SMILES string of the molecule is CC(=O)O[C@@]12CO[C@@H]1C[C@H](O)[C@@]1(C)C(=O)[C@H](OC(=O)C3CC3)C3=C(C)[C@@H](OC(=O)[C@H](OC(=O)Cc4ccccc4SSC(C)CCC(=O)NNC(=O)CCCC[C@@H]4SC[C@@H]5NC(=O)N[C@@H]54)[C@H](C=C(C)C)NC(=O)OC(C)(C)C)C[C@](O)(C3(C)C)C3(OC(=O)c4ccccc4)C[C@@]321. The highest BCUT2D eigenvalue weighted by Gasteiger charge is 2.99. The summed E-state index contributed by atoms with van der Waals surface area (Å²) < 4.78 is 44.0. The van der Waals surface area contributed by atoms with Crippen molar-refractivity contribution in [3.8, 4) is 0 Å². The predicted octanol–water partition coefficient (Wildman–Crippen LogP) is 7.53. The largest absolute Gasteiger partial charge is 0.455 e. The lowest BCUT2D eigenvalue weighted by atomic mass is 9.44. The van der Waals surface area contributed by atoms with Crippen LogP contribution in [0.4, 0.5) is 9.59 Å². The fraction of sp³-hybridized carbons (Fsp3) is 0.623. The van der Waals surface area contributed by atoms with Crippen LogP contribution in [0.2, 0.25) is 0 Å². The first-order valence-corrected chi connectivity index (χ1v) is 36.2. The topological polar surface area (TPSA) is 336 Å². The fourth-order valence-electron chi connectivity index (χ4n) is 15.5. The number of ketones is 1. The number of rotatable bonds is 24. The van der Waals surface area contributed by atoms with Crippen molar-refractivity contribution in [1.29, 1.82) is 0 Å². The second-order valence-electron chi connectivity index (χ2n) is 28.7. The Morgan fingerprint density at radius 2 is 1.58 bits per heavy atom. The molecule has 0 radical (unpaired) electrons. The molecule has 0 aromatic heterocycles. The number of aliphatic hydroxyl groups excluding tert-OH is 1. The minimum atomic E-state index is -2.50. The lowest BCUT2D eigenvalue weighted by Gasteiger charge is -2.67. The number of nitrogens with one attached hydrogen (secondary N) is 5. The lowest BCUT2D eigenvalue weighted by molar-refractivity contribution is -0.349. The molecular formula is C69H89N5O19S3. The van der Waals surface area contributed by atoms with E-state index in [1.54, 1.807) is 97.9 Å². The molecule has 2 unspecified atom stereocenters. The summed E-state index contributed by atoms with van der Waals surface area (Å²) in [5.41, 5.74) is -7.37. The standard InChI is InChI=1S/C69H89N5O19S3/c1-36(2)29-43(71-62(85)93-63(6,7)8)55(89-52(79)30-42-21-15-16-22-46(42)96-95-37(3)25-28-51(78)74-73-50(77)24-18-17-23-47-54-44(33-94-47)70-61(84)72-54)60(83)88-45-32-68(86)64(9,10)53(38(45)4)56(90-58(81)41-26-27-41)57(80)65(11)48(76)31-49-66(35-87-49,91-39(5)75)67(65)34-69(67,68)92-59(82)40-19-13-12-14-20-40/h12-16,19-22,29,37,41,43-45,47-49,54-56,76,86H,17-18,23-28,30-35H2,1-11H3,(H,71,85)(H,73,77)(H,74,78)(H2,70,72,84)/t37?,43-,44-,45-,47-,48-,49+,54-,55+,56+,65-,66-,67-,68-,69?/m0/s1. The van der Waals surface area contributed by atoms with Crippen molar-refractivity contribution < 1.29 is 91.3 Å². The van der Waals surface area contributed by atoms with Gasteiger partial charge in [0.05, 0.1) is 59.6 Å². The number of ether oxygens (including phenoxy) is 7. The second kappa shape index (κ2) is 27.9. The Bertz CT molecular complexity index is 3480. The number of Topliss-reactive ketones (excluding diaryl/α,β-unsaturated/α-hetero) is 1. The molecule has 522 valence electrons. The van der Waals surface area contributed by atoms with E-state index < -0.39 is 142 Å². The average Bonchev–Trinajstić information content (AvgIpc) is 1.42. The van der Waals surface area contributed by atoms with Crippen molar-refractivity contribution in [3.63, 3.8) is 0 Å². The number of hydrazine groups is 1. The molecule has 5 amide bonds. The number of allylic oxidation sites excluding steroid dienone is 1. The van der Waals surface area contributed by atoms with Crippen LogP contribution in [0, 0.1) is 22.2 Å². The average molecular weight is 1390 g/mol. The van der Waals surface area contributed by atoms with Gasteiger partial charge in [-0.15, -0.1) is 0 Å². The Morgan fingerprint density at radius 3 is 2.24 bits per heavy atom. The van der Waals surface area contributed by atoms with Crippen molar-refractivity contribution >= 4 is 92.9 Å². The first kappa shape index (κ1) is 72.1. The Morgan fingerprint density at radius 1 is 0.896 bits per heavy atom. The van der Waals surface area contributed by atoms with E-state index in [0.29, 0.717) is 41.7 Å². The van der Waals surface area contributed by atoms with Crippen molar-refractivity contribution in [2.24, 2.45) is 22.2 Å². The summed E-state index contributed by atoms with van der Waals surface area (Å²) in [6, 6.07) is 13.5. The smallest absolute Gasteiger partial charge is 0.408 e. The highest BCUT2D eigenvalue weighted by atomic mass is 33.1. The van der Waals surface area contributed by atoms with E-state index in [9.17, 15) is 48.6 Å². The number of hydrogen-bond acceptors (Lipinski definition) is 22. The molecular weight excluding hydrogens is 1300 g/mol. The first-order valence-electron chi connectivity index (χ1n) is 32.9. The van der Waals surface area contributed by atoms with Gasteiger partial charge in [-0.1, -0.05) is 96.8 Å². The molecule has 2 bridgehead atoms. The molecule has 24 nitrogen and oxygen atoms in total. The minimum Gasteiger partial charge on any atom is -0.455 e. The third kappa shape index (κ3) is 13.8. The zero-order chi connectivity index (χ0) is 69.7. The molecule has 3 saturated heterocycles. The van der Waals surface area contributed by atoms with Gasteiger partial charge >= 0.3 is 42.0 Å². The van der Waals surface area contributed by atoms with Crippen LogP contribution in [-0.2, 0) is 73.1 Å². The molecule has 4 saturated carbocycles. The molecule has 8 aliphatic rings. The van der Waals surface area contributed by atoms with E-state index in [4.69, 9.17) is 33.2 Å². The quantitative estimate of drug-likeness (QED) is 0.0101. The van der Waals surface area contributed by atoms with Crippen LogP contribution in [0.3, 0.4) is 0 Å². The van der Waals surface area contributed by atoms with Gasteiger partial charge in [0.2, 0.25) is 17.9 Å². The van der Waals surface area contributed by atoms with Crippen molar-refractivity contribution in [1.82, 2.24) is 26.8 Å². The van der Waals surface area contributed by atoms with Crippen LogP contribution >= 0.6 is 33.3 Å². The molecule has 5 aliphatic carbocycles. The second-order valence-corrected chi connectivity index (χ2v) is 32.6. The van der Waals surface area contributed by atoms with Gasteiger partial charge in [-0.05, 0) is 115 Å². The van der Waals surface area contributed by atoms with Crippen LogP contribution in [0.25, 0.3) is 0 Å². The number of carbonyl (C=O) groups is 10. The van der Waals surface area contributed by atoms with E-state index in [1.165, 1.54) is 53.6 Å². The van der Waals surface area contributed by atoms with Gasteiger partial charge in [-0.2, -0.15) is 11.8 Å². The van der Waals surface area contributed by atoms with Crippen LogP contribution in [-0.4, -0.2) is 164 Å². The maximum absolute atomic E-state index is 16.4. The Balaban J connectivity index is 0.908. The van der Waals surface area contributed by atoms with E-state index in [-0.39, 0.29) is 83.0 Å². The minimum absolute atomic E-state index is 0.0175. The van der Waals surface area contributed by atoms with Gasteiger partial charge in [0.25, 0.3) is 0 Å². The van der Waals surface area contributed by atoms with Crippen LogP contribution in [0.15, 0.2) is 82.3 Å². The summed E-state index contributed by atoms with van der Waals surface area (Å²) in [6.07, 6.45) is -5.40. The number of urea groups is 1. The maximum Gasteiger partial charge on any atom is 0.408 e. The molecule has 3 heterocycles. The molecule has 7 N–H and O–H groups in total. The fourth-order valence-corrected chi connectivity index (χ4v) is 19.4. The van der Waals surface area contributed by atoms with Gasteiger partial charge in [-0.25, -0.2) is 19.2 Å². The summed E-state index contributed by atoms with van der Waals surface area (Å²) in [5, 5.41) is 35.9. The molecule has 2 aromatic rings. The molecule has 3 aliphatic heterocycles. The summed E-state index contributed by atoms with van der Waals surface area (Å²) in [4.78, 5) is 141. The zero-order valence-corrected chi connectivity index (χ0v) is 58.5. The number of esters is 5. The highest BCUT2D eigenvalue weighted by molar-refractivity contribution is 8.77. The van der Waals surface area contributed by atoms with Crippen LogP contribution < -0.4 is 26.8 Å². The van der Waals surface area contributed by atoms with Gasteiger partial charge in [0.15, 0.2) is 23.1 Å². The summed E-state index contributed by atoms with van der Waals surface area (Å²) in [6.45, 7) is 17.2. The van der Waals surface area contributed by atoms with Gasteiger partial charge in [0, 0.05) is 65.6 Å². The van der Waals surface area contributed by atoms with Crippen molar-refractivity contribution in [3.05, 3.63) is 88.5 Å². The van der Waals surface area contributed by atoms with Crippen molar-refractivity contribution in [2.45, 2.75) is 240 Å². The first-order chi connectivity index (χ1) is 45.2. The van der Waals surface area contributed by atoms with Gasteiger partial charge < -0.3 is 59.3 Å². The number of carbonyl (C=O) groups excluding carboxylic acids is 10. The van der Waals surface area contributed by atoms with Gasteiger partial charge in [-0.3, -0.25) is 39.6 Å². The predicted molar refractivity (Wildman–Crippen MR) is 353 cm³/mol. The zero-order valence-electron chi connectivity index (χ0n) is 56.1. The number of hydrogen-bond donors (Lipinski definition) is 7. The monoisotopic (exact) mass is 1390 g/mol. The van der Waals surface area contributed by atoms with Crippen molar-refractivity contribution in [2.75, 3.05) is 12.4 Å². The lowest BCUT2D eigenvalue weighted by Crippen LogP contribution is -2.82. The summed E-state index contributed by atoms with van der Waals surface area (Å²) >= 11 is 1.81. The number of fused-ring (bicyclic) bond motifs is 5. The Kier molecular flexibility index (Phi) is 21.0. The number of alkyl carbamates (subject to hydrolysis) is 1. The van der Waals surface area contributed by atoms with Crippen LogP contribution in [0.1, 0.15) is 163 Å². The normalized spacial score (nSPS) is 31.3. The number of benzene rings is 2. The Labute approximate surface area is 570 Å². The molecule has 96 heavy (non-hydrogen) atoms. The third-order valence-electron chi connectivity index (χ3n) is 20.4. The molecule has 7 fully saturated rings. The molecule has 2 aromatic carbocycles. The molecule has 10 rings (SSSR count). The number of aliphatic hydroxyl groups is 2. The van der Waals surface area contributed by atoms with E-state index in [0.717, 1.165) is 18.6 Å². The van der Waals surface area contributed by atoms with Gasteiger partial charge in [0.1, 0.15) is 23.4 Å². The third-order valence-corrected chi connectivity index (χ3v) is 25.0. The molecule has 27 heteroatoms. The molecule has 1 spiro atoms. The van der Waals surface area contributed by atoms with E-state index in [2.05, 4.69) is 26.8 Å². The Hall–Kier alpha value is -6.65. The maximum atomic E-state index is 16.4. The summed E-state index contributed by atoms with van der Waals surface area (Å²) in [7, 11) is 2.80. The highest BCUT2D eigenvalue weighted by Crippen LogP contribution is 2.85. The van der Waals surface area contributed by atoms with Crippen LogP contribution in [0.5, 0.6) is 0 Å². The van der Waals surface area contributed by atoms with E-state index in [1.807, 2.05) is 18.7 Å². The number of thioether (sulfide) groups is 1. The number of unbranched alkanes of at least 4 members (excludes halogenated alkanes) is 1. The van der Waals surface area contributed by atoms with E-state index >= 15 is 9.59 Å². The molecule has 15 atom stereocenters. The number of amides is 5.